The summed E-state index contributed by atoms with van der Waals surface area (Å²) in [7, 11) is 1.73. The number of alkyl halides is 2. The third-order valence-corrected chi connectivity index (χ3v) is 3.64. The van der Waals surface area contributed by atoms with Gasteiger partial charge in [-0.05, 0) is 19.9 Å². The van der Waals surface area contributed by atoms with E-state index in [0.29, 0.717) is 12.8 Å². The van der Waals surface area contributed by atoms with Crippen LogP contribution in [0.15, 0.2) is 0 Å². The lowest BCUT2D eigenvalue weighted by Gasteiger charge is -2.44. The van der Waals surface area contributed by atoms with Crippen LogP contribution in [0.4, 0.5) is 8.78 Å². The Balaban J connectivity index is 2.23. The quantitative estimate of drug-likeness (QED) is 0.639. The molecule has 82 valence electrons. The van der Waals surface area contributed by atoms with Crippen molar-refractivity contribution in [1.82, 2.24) is 4.90 Å². The summed E-state index contributed by atoms with van der Waals surface area (Å²) in [6, 6.07) is 0. The fraction of sp³-hybridized carbons (Fsp3) is 1.00. The molecule has 3 nitrogen and oxygen atoms in total. The molecule has 2 rings (SSSR count). The molecule has 2 fully saturated rings. The van der Waals surface area contributed by atoms with E-state index in [9.17, 15) is 19.0 Å². The lowest BCUT2D eigenvalue weighted by atomic mass is 9.83. The van der Waals surface area contributed by atoms with E-state index in [1.54, 1.807) is 11.9 Å². The highest BCUT2D eigenvalue weighted by Gasteiger charge is 2.62. The molecule has 14 heavy (non-hydrogen) atoms. The summed E-state index contributed by atoms with van der Waals surface area (Å²) >= 11 is 0. The SMILES string of the molecule is CN1C[C@@H](O)[C@H](O)[C@@H](C(F)F)C12CC2. The van der Waals surface area contributed by atoms with Gasteiger partial charge in [-0.2, -0.15) is 0 Å². The highest BCUT2D eigenvalue weighted by molar-refractivity contribution is 5.14. The highest BCUT2D eigenvalue weighted by atomic mass is 19.3. The number of nitrogens with zero attached hydrogens (tertiary/aromatic N) is 1. The number of likely N-dealkylation sites (tertiary alicyclic amines) is 1. The first-order valence-corrected chi connectivity index (χ1v) is 4.84. The van der Waals surface area contributed by atoms with Crippen molar-refractivity contribution in [2.24, 2.45) is 5.92 Å². The van der Waals surface area contributed by atoms with Crippen molar-refractivity contribution in [3.8, 4) is 0 Å². The molecule has 5 heteroatoms. The highest BCUT2D eigenvalue weighted by Crippen LogP contribution is 2.53. The minimum absolute atomic E-state index is 0.282. The molecular weight excluding hydrogens is 192 g/mol. The first-order valence-electron chi connectivity index (χ1n) is 4.84. The molecule has 0 aromatic rings. The second-order valence-corrected chi connectivity index (χ2v) is 4.40. The molecule has 0 aromatic carbocycles. The van der Waals surface area contributed by atoms with Gasteiger partial charge in [0.1, 0.15) is 0 Å². The van der Waals surface area contributed by atoms with E-state index in [1.807, 2.05) is 0 Å². The van der Waals surface area contributed by atoms with Gasteiger partial charge in [-0.25, -0.2) is 8.78 Å². The van der Waals surface area contributed by atoms with E-state index >= 15 is 0 Å². The maximum atomic E-state index is 12.8. The molecule has 1 saturated heterocycles. The molecule has 3 atom stereocenters. The minimum Gasteiger partial charge on any atom is -0.390 e. The Kier molecular flexibility index (Phi) is 2.28. The van der Waals surface area contributed by atoms with E-state index in [4.69, 9.17) is 0 Å². The van der Waals surface area contributed by atoms with Crippen molar-refractivity contribution in [1.29, 1.82) is 0 Å². The maximum Gasteiger partial charge on any atom is 0.245 e. The standard InChI is InChI=1S/C9H15F2NO2/c1-12-4-5(13)7(14)6(8(10)11)9(12)2-3-9/h5-8,13-14H,2-4H2,1H3/t5-,6+,7+/m1/s1. The van der Waals surface area contributed by atoms with Crippen LogP contribution in [0, 0.1) is 5.92 Å². The Bertz CT molecular complexity index is 233. The fourth-order valence-corrected chi connectivity index (χ4v) is 2.61. The largest absolute Gasteiger partial charge is 0.390 e. The number of hydrogen-bond acceptors (Lipinski definition) is 3. The third kappa shape index (κ3) is 1.26. The summed E-state index contributed by atoms with van der Waals surface area (Å²) in [5, 5.41) is 18.9. The van der Waals surface area contributed by atoms with Crippen LogP contribution in [0.1, 0.15) is 12.8 Å². The molecule has 2 N–H and O–H groups in total. The lowest BCUT2D eigenvalue weighted by molar-refractivity contribution is -0.145. The summed E-state index contributed by atoms with van der Waals surface area (Å²) < 4.78 is 25.5. The minimum atomic E-state index is -2.56. The molecule has 0 unspecified atom stereocenters. The molecular formula is C9H15F2NO2. The Labute approximate surface area is 81.3 Å². The fourth-order valence-electron chi connectivity index (χ4n) is 2.61. The van der Waals surface area contributed by atoms with Crippen molar-refractivity contribution in [2.75, 3.05) is 13.6 Å². The zero-order valence-corrected chi connectivity index (χ0v) is 8.03. The van der Waals surface area contributed by atoms with Crippen LogP contribution in [0.2, 0.25) is 0 Å². The van der Waals surface area contributed by atoms with Gasteiger partial charge in [0.15, 0.2) is 0 Å². The number of halogens is 2. The number of hydrogen-bond donors (Lipinski definition) is 2. The molecule has 0 radical (unpaired) electrons. The smallest absolute Gasteiger partial charge is 0.245 e. The van der Waals surface area contributed by atoms with Crippen LogP contribution < -0.4 is 0 Å². The predicted molar refractivity (Wildman–Crippen MR) is 46.1 cm³/mol. The van der Waals surface area contributed by atoms with Crippen LogP contribution in [0.3, 0.4) is 0 Å². The van der Waals surface area contributed by atoms with Crippen LogP contribution in [0.25, 0.3) is 0 Å². The van der Waals surface area contributed by atoms with Crippen molar-refractivity contribution < 1.29 is 19.0 Å². The molecule has 0 amide bonds. The molecule has 1 spiro atoms. The summed E-state index contributed by atoms with van der Waals surface area (Å²) in [4.78, 5) is 1.77. The number of likely N-dealkylation sites (N-methyl/N-ethyl adjacent to an activating group) is 1. The number of piperidine rings is 1. The van der Waals surface area contributed by atoms with E-state index in [1.165, 1.54) is 0 Å². The normalized spacial score (nSPS) is 42.0. The van der Waals surface area contributed by atoms with E-state index < -0.39 is 30.1 Å². The Morgan fingerprint density at radius 2 is 1.93 bits per heavy atom. The lowest BCUT2D eigenvalue weighted by Crippen LogP contribution is -2.60. The van der Waals surface area contributed by atoms with Crippen molar-refractivity contribution in [2.45, 2.75) is 37.0 Å². The van der Waals surface area contributed by atoms with Gasteiger partial charge in [0.2, 0.25) is 6.43 Å². The molecule has 1 heterocycles. The molecule has 2 aliphatic rings. The van der Waals surface area contributed by atoms with Crippen LogP contribution in [-0.4, -0.2) is 52.9 Å². The number of rotatable bonds is 1. The van der Waals surface area contributed by atoms with E-state index in [2.05, 4.69) is 0 Å². The van der Waals surface area contributed by atoms with Gasteiger partial charge >= 0.3 is 0 Å². The first kappa shape index (κ1) is 10.3. The second kappa shape index (κ2) is 3.12. The van der Waals surface area contributed by atoms with Gasteiger partial charge in [-0.3, -0.25) is 4.90 Å². The van der Waals surface area contributed by atoms with Crippen LogP contribution >= 0.6 is 0 Å². The van der Waals surface area contributed by atoms with Crippen LogP contribution in [-0.2, 0) is 0 Å². The molecule has 1 aliphatic carbocycles. The average molecular weight is 207 g/mol. The number of aliphatic hydroxyl groups is 2. The first-order chi connectivity index (χ1) is 6.49. The monoisotopic (exact) mass is 207 g/mol. The van der Waals surface area contributed by atoms with Gasteiger partial charge in [-0.1, -0.05) is 0 Å². The summed E-state index contributed by atoms with van der Waals surface area (Å²) in [6.45, 7) is 0.282. The Morgan fingerprint density at radius 1 is 1.36 bits per heavy atom. The van der Waals surface area contributed by atoms with Crippen molar-refractivity contribution in [3.05, 3.63) is 0 Å². The molecule has 1 saturated carbocycles. The van der Waals surface area contributed by atoms with Crippen molar-refractivity contribution in [3.63, 3.8) is 0 Å². The zero-order chi connectivity index (χ0) is 10.5. The van der Waals surface area contributed by atoms with Gasteiger partial charge in [0, 0.05) is 12.1 Å². The van der Waals surface area contributed by atoms with Gasteiger partial charge < -0.3 is 10.2 Å². The summed E-state index contributed by atoms with van der Waals surface area (Å²) in [5.41, 5.74) is -0.549. The average Bonchev–Trinajstić information content (AvgIpc) is 2.83. The number of aliphatic hydroxyl groups excluding tert-OH is 2. The van der Waals surface area contributed by atoms with E-state index in [0.717, 1.165) is 0 Å². The van der Waals surface area contributed by atoms with Crippen molar-refractivity contribution >= 4 is 0 Å². The van der Waals surface area contributed by atoms with Gasteiger partial charge in [0.25, 0.3) is 0 Å². The summed E-state index contributed by atoms with van der Waals surface area (Å²) in [5.74, 6) is -1.10. The van der Waals surface area contributed by atoms with Gasteiger partial charge in [-0.15, -0.1) is 0 Å². The topological polar surface area (TPSA) is 43.7 Å². The Hall–Kier alpha value is -0.260. The maximum absolute atomic E-state index is 12.8. The molecule has 1 aliphatic heterocycles. The van der Waals surface area contributed by atoms with Crippen LogP contribution in [0.5, 0.6) is 0 Å². The third-order valence-electron chi connectivity index (χ3n) is 3.64. The Morgan fingerprint density at radius 3 is 2.36 bits per heavy atom. The van der Waals surface area contributed by atoms with Gasteiger partial charge in [0.05, 0.1) is 18.1 Å². The second-order valence-electron chi connectivity index (χ2n) is 4.40. The number of β-amino-alcohol motifs (C(OH)–C–C–N with tert-alkyl or cyclic N) is 1. The molecule has 0 aromatic heterocycles. The zero-order valence-electron chi connectivity index (χ0n) is 8.03. The predicted octanol–water partition coefficient (Wildman–Crippen LogP) is 0.0675. The summed E-state index contributed by atoms with van der Waals surface area (Å²) in [6.07, 6.45) is -3.51. The van der Waals surface area contributed by atoms with E-state index in [-0.39, 0.29) is 6.54 Å². The molecule has 0 bridgehead atoms.